The lowest BCUT2D eigenvalue weighted by Crippen LogP contribution is -2.37. The summed E-state index contributed by atoms with van der Waals surface area (Å²) in [6.45, 7) is 0.296. The van der Waals surface area contributed by atoms with E-state index in [0.717, 1.165) is 17.8 Å². The Kier molecular flexibility index (Phi) is 8.52. The van der Waals surface area contributed by atoms with Crippen molar-refractivity contribution in [2.24, 2.45) is 0 Å². The molecule has 1 aliphatic rings. The summed E-state index contributed by atoms with van der Waals surface area (Å²) < 4.78 is 64.9. The number of esters is 1. The highest BCUT2D eigenvalue weighted by atomic mass is 31.2. The minimum Gasteiger partial charge on any atom is -0.504 e. The summed E-state index contributed by atoms with van der Waals surface area (Å²) in [5.74, 6) is -7.39. The smallest absolute Gasteiger partial charge is 0.459 e. The minimum absolute atomic E-state index is 0.0547. The lowest BCUT2D eigenvalue weighted by atomic mass is 10.2. The maximum absolute atomic E-state index is 14.8. The number of nitrogens with two attached hydrogens (primary N) is 1. The van der Waals surface area contributed by atoms with E-state index < -0.39 is 55.7 Å². The molecule has 4 N–H and O–H groups in total. The molecule has 15 heteroatoms. The number of para-hydroxylation sites is 1. The van der Waals surface area contributed by atoms with Crippen LogP contribution in [0.5, 0.6) is 5.75 Å². The number of aliphatic hydroxyl groups excluding tert-OH is 1. The Bertz CT molecular complexity index is 1490. The van der Waals surface area contributed by atoms with Crippen LogP contribution in [0, 0.1) is 0 Å². The highest BCUT2D eigenvalue weighted by Gasteiger charge is 2.55. The molecule has 0 saturated heterocycles. The molecule has 12 nitrogen and oxygen atoms in total. The average Bonchev–Trinajstić information content (AvgIpc) is 3.15. The van der Waals surface area contributed by atoms with Gasteiger partial charge in [-0.2, -0.15) is 18.9 Å². The SMILES string of the molecule is C[C@H](NP(=O)(OCC1=C(O)C(F)(F)[C@H](n2ccc(N)nc2=O)O1)Oc1ccccc1)C(=O)OCc1ccccc1. The van der Waals surface area contributed by atoms with Gasteiger partial charge in [-0.15, -0.1) is 0 Å². The maximum Gasteiger partial charge on any atom is 0.459 e. The van der Waals surface area contributed by atoms with Gasteiger partial charge in [-0.25, -0.2) is 9.36 Å². The Morgan fingerprint density at radius 2 is 1.82 bits per heavy atom. The van der Waals surface area contributed by atoms with E-state index in [4.69, 9.17) is 24.3 Å². The Balaban J connectivity index is 1.49. The molecule has 1 aromatic heterocycles. The first-order valence-electron chi connectivity index (χ1n) is 11.8. The zero-order valence-corrected chi connectivity index (χ0v) is 21.9. The summed E-state index contributed by atoms with van der Waals surface area (Å²) in [6, 6.07) is 16.4. The maximum atomic E-state index is 14.8. The second-order valence-corrected chi connectivity index (χ2v) is 10.2. The summed E-state index contributed by atoms with van der Waals surface area (Å²) >= 11 is 0. The summed E-state index contributed by atoms with van der Waals surface area (Å²) in [6.07, 6.45) is -1.39. The van der Waals surface area contributed by atoms with Crippen LogP contribution >= 0.6 is 7.75 Å². The number of alkyl halides is 2. The van der Waals surface area contributed by atoms with Crippen LogP contribution in [0.1, 0.15) is 18.7 Å². The fourth-order valence-electron chi connectivity index (χ4n) is 3.50. The normalized spacial score (nSPS) is 18.4. The highest BCUT2D eigenvalue weighted by Crippen LogP contribution is 2.48. The molecule has 0 bridgehead atoms. The van der Waals surface area contributed by atoms with Gasteiger partial charge in [0.1, 0.15) is 30.8 Å². The van der Waals surface area contributed by atoms with Gasteiger partial charge in [-0.05, 0) is 30.7 Å². The zero-order valence-electron chi connectivity index (χ0n) is 21.0. The molecule has 212 valence electrons. The number of ether oxygens (including phenoxy) is 2. The van der Waals surface area contributed by atoms with Crippen molar-refractivity contribution in [1.29, 1.82) is 0 Å². The molecule has 2 aromatic carbocycles. The number of anilines is 1. The van der Waals surface area contributed by atoms with Crippen LogP contribution in [-0.2, 0) is 30.0 Å². The molecule has 0 radical (unpaired) electrons. The van der Waals surface area contributed by atoms with Crippen LogP contribution in [0.3, 0.4) is 0 Å². The van der Waals surface area contributed by atoms with Crippen LogP contribution in [-0.4, -0.2) is 39.2 Å². The first-order chi connectivity index (χ1) is 19.0. The van der Waals surface area contributed by atoms with E-state index in [1.165, 1.54) is 19.1 Å². The van der Waals surface area contributed by atoms with Crippen LogP contribution in [0.25, 0.3) is 0 Å². The predicted octanol–water partition coefficient (Wildman–Crippen LogP) is 3.68. The predicted molar refractivity (Wildman–Crippen MR) is 137 cm³/mol. The van der Waals surface area contributed by atoms with E-state index in [9.17, 15) is 28.0 Å². The van der Waals surface area contributed by atoms with Crippen molar-refractivity contribution in [2.75, 3.05) is 12.3 Å². The van der Waals surface area contributed by atoms with Gasteiger partial charge < -0.3 is 24.8 Å². The molecule has 1 aliphatic heterocycles. The van der Waals surface area contributed by atoms with Gasteiger partial charge in [-0.3, -0.25) is 13.9 Å². The van der Waals surface area contributed by atoms with Crippen molar-refractivity contribution in [3.8, 4) is 5.75 Å². The summed E-state index contributed by atoms with van der Waals surface area (Å²) in [5, 5.41) is 12.6. The van der Waals surface area contributed by atoms with E-state index in [0.29, 0.717) is 4.57 Å². The quantitative estimate of drug-likeness (QED) is 0.225. The standard InChI is InChI=1S/C25H25F2N4O8P/c1-16(22(33)36-14-17-8-4-2-5-9-17)30-40(35,39-18-10-6-3-7-11-18)37-15-19-21(32)25(26,27)23(38-19)31-13-12-20(28)29-24(31)34/h2-13,16,23,32H,14-15H2,1H3,(H,30,35)(H2,28,29,34)/t16-,23+,40?/m0/s1. The van der Waals surface area contributed by atoms with Crippen LogP contribution in [0.2, 0.25) is 0 Å². The second kappa shape index (κ2) is 11.9. The van der Waals surface area contributed by atoms with Gasteiger partial charge in [0, 0.05) is 6.20 Å². The van der Waals surface area contributed by atoms with Crippen LogP contribution in [0.4, 0.5) is 14.6 Å². The number of nitrogens with one attached hydrogen (secondary N) is 1. The number of benzene rings is 2. The van der Waals surface area contributed by atoms with E-state index in [2.05, 4.69) is 10.1 Å². The lowest BCUT2D eigenvalue weighted by Gasteiger charge is -2.23. The van der Waals surface area contributed by atoms with Crippen molar-refractivity contribution in [1.82, 2.24) is 14.6 Å². The molecule has 3 atom stereocenters. The number of hydrogen-bond acceptors (Lipinski definition) is 10. The first-order valence-corrected chi connectivity index (χ1v) is 13.3. The number of carbonyl (C=O) groups excluding carboxylic acids is 1. The third-order valence-corrected chi connectivity index (χ3v) is 7.14. The fourth-order valence-corrected chi connectivity index (χ4v) is 4.95. The van der Waals surface area contributed by atoms with Gasteiger partial charge in [0.15, 0.2) is 5.76 Å². The molecule has 0 aliphatic carbocycles. The molecule has 1 unspecified atom stereocenters. The molecular weight excluding hydrogens is 553 g/mol. The number of nitrogen functional groups attached to an aromatic ring is 1. The largest absolute Gasteiger partial charge is 0.504 e. The highest BCUT2D eigenvalue weighted by molar-refractivity contribution is 7.52. The van der Waals surface area contributed by atoms with Crippen molar-refractivity contribution < 1.29 is 41.8 Å². The van der Waals surface area contributed by atoms with E-state index in [1.807, 2.05) is 0 Å². The number of halogens is 2. The zero-order chi connectivity index (χ0) is 28.9. The van der Waals surface area contributed by atoms with Gasteiger partial charge >= 0.3 is 25.3 Å². The minimum atomic E-state index is -4.49. The Hall–Kier alpha value is -4.26. The third-order valence-electron chi connectivity index (χ3n) is 5.51. The monoisotopic (exact) mass is 578 g/mol. The number of nitrogens with zero attached hydrogens (tertiary/aromatic N) is 2. The van der Waals surface area contributed by atoms with Gasteiger partial charge in [-0.1, -0.05) is 48.5 Å². The summed E-state index contributed by atoms with van der Waals surface area (Å²) in [5.41, 5.74) is 4.97. The van der Waals surface area contributed by atoms with Crippen LogP contribution in [0.15, 0.2) is 89.2 Å². The number of rotatable bonds is 11. The summed E-state index contributed by atoms with van der Waals surface area (Å²) in [4.78, 5) is 28.0. The second-order valence-electron chi connectivity index (χ2n) is 8.53. The van der Waals surface area contributed by atoms with E-state index in [1.54, 1.807) is 48.5 Å². The van der Waals surface area contributed by atoms with Gasteiger partial charge in [0.05, 0.1) is 0 Å². The lowest BCUT2D eigenvalue weighted by molar-refractivity contribution is -0.146. The van der Waals surface area contributed by atoms with E-state index in [-0.39, 0.29) is 18.2 Å². The van der Waals surface area contributed by atoms with Crippen molar-refractivity contribution >= 4 is 19.5 Å². The molecule has 0 amide bonds. The van der Waals surface area contributed by atoms with Crippen molar-refractivity contribution in [2.45, 2.75) is 31.7 Å². The molecule has 0 fully saturated rings. The van der Waals surface area contributed by atoms with Crippen molar-refractivity contribution in [3.63, 3.8) is 0 Å². The first kappa shape index (κ1) is 28.7. The van der Waals surface area contributed by atoms with Crippen molar-refractivity contribution in [3.05, 3.63) is 100 Å². The Morgan fingerprint density at radius 3 is 2.48 bits per heavy atom. The topological polar surface area (TPSA) is 164 Å². The molecule has 0 saturated carbocycles. The fraction of sp³-hybridized carbons (Fsp3) is 0.240. The third kappa shape index (κ3) is 6.65. The Morgan fingerprint density at radius 1 is 1.18 bits per heavy atom. The molecule has 3 aromatic rings. The average molecular weight is 578 g/mol. The number of aromatic nitrogens is 2. The molecule has 0 spiro atoms. The van der Waals surface area contributed by atoms with Crippen LogP contribution < -0.4 is 21.0 Å². The molecule has 2 heterocycles. The molecule has 40 heavy (non-hydrogen) atoms. The molecular formula is C25H25F2N4O8P. The number of aliphatic hydroxyl groups is 1. The van der Waals surface area contributed by atoms with Gasteiger partial charge in [0.2, 0.25) is 5.76 Å². The van der Waals surface area contributed by atoms with E-state index >= 15 is 0 Å². The number of hydrogen-bond donors (Lipinski definition) is 3. The summed E-state index contributed by atoms with van der Waals surface area (Å²) in [7, 11) is -4.49. The van der Waals surface area contributed by atoms with Gasteiger partial charge in [0.25, 0.3) is 6.23 Å². The number of carbonyl (C=O) groups is 1. The molecule has 4 rings (SSSR count). The Labute approximate surface area is 226 Å².